The third-order valence-electron chi connectivity index (χ3n) is 3.22. The molecule has 2 aromatic rings. The lowest BCUT2D eigenvalue weighted by Crippen LogP contribution is -2.12. The second-order valence-electron chi connectivity index (χ2n) is 4.87. The molecule has 0 spiro atoms. The molecule has 0 saturated carbocycles. The zero-order chi connectivity index (χ0) is 13.8. The van der Waals surface area contributed by atoms with E-state index < -0.39 is 11.9 Å². The largest absolute Gasteiger partial charge is 0.481 e. The summed E-state index contributed by atoms with van der Waals surface area (Å²) in [6.45, 7) is 1.98. The molecule has 1 aromatic carbocycles. The Hall–Kier alpha value is -2.10. The number of carboxylic acids is 1. The van der Waals surface area contributed by atoms with Gasteiger partial charge in [0.1, 0.15) is 0 Å². The zero-order valence-electron chi connectivity index (χ0n) is 11.2. The van der Waals surface area contributed by atoms with Crippen LogP contribution in [0.5, 0.6) is 0 Å². The Kier molecular flexibility index (Phi) is 4.00. The van der Waals surface area contributed by atoms with Gasteiger partial charge in [-0.05, 0) is 30.9 Å². The monoisotopic (exact) mass is 258 g/mol. The van der Waals surface area contributed by atoms with Crippen LogP contribution in [-0.4, -0.2) is 20.9 Å². The van der Waals surface area contributed by atoms with Crippen molar-refractivity contribution >= 4 is 5.97 Å². The van der Waals surface area contributed by atoms with Gasteiger partial charge in [-0.25, -0.2) is 0 Å². The number of carbonyl (C=O) groups is 1. The van der Waals surface area contributed by atoms with Crippen LogP contribution in [0.25, 0.3) is 0 Å². The number of aryl methyl sites for hydroxylation is 3. The Balaban J connectivity index is 2.10. The van der Waals surface area contributed by atoms with Crippen LogP contribution in [0.15, 0.2) is 36.7 Å². The van der Waals surface area contributed by atoms with Gasteiger partial charge in [-0.3, -0.25) is 9.48 Å². The summed E-state index contributed by atoms with van der Waals surface area (Å²) in [6.07, 6.45) is 5.02. The third kappa shape index (κ3) is 3.44. The van der Waals surface area contributed by atoms with Gasteiger partial charge in [-0.1, -0.05) is 29.8 Å². The van der Waals surface area contributed by atoms with Gasteiger partial charge in [0.25, 0.3) is 0 Å². The van der Waals surface area contributed by atoms with Crippen LogP contribution in [0.1, 0.15) is 29.0 Å². The topological polar surface area (TPSA) is 55.1 Å². The first kappa shape index (κ1) is 13.3. The molecule has 0 aliphatic rings. The molecule has 19 heavy (non-hydrogen) atoms. The molecule has 0 aliphatic heterocycles. The maximum Gasteiger partial charge on any atom is 0.310 e. The van der Waals surface area contributed by atoms with Gasteiger partial charge < -0.3 is 5.11 Å². The molecule has 1 heterocycles. The molecule has 2 rings (SSSR count). The van der Waals surface area contributed by atoms with Crippen molar-refractivity contribution in [3.8, 4) is 0 Å². The van der Waals surface area contributed by atoms with Crippen molar-refractivity contribution in [2.24, 2.45) is 7.05 Å². The van der Waals surface area contributed by atoms with E-state index in [4.69, 9.17) is 0 Å². The number of hydrogen-bond acceptors (Lipinski definition) is 2. The van der Waals surface area contributed by atoms with Crippen molar-refractivity contribution < 1.29 is 9.90 Å². The summed E-state index contributed by atoms with van der Waals surface area (Å²) in [5.74, 6) is -1.23. The van der Waals surface area contributed by atoms with Crippen LogP contribution in [0.2, 0.25) is 0 Å². The van der Waals surface area contributed by atoms with Gasteiger partial charge in [-0.2, -0.15) is 5.10 Å². The highest BCUT2D eigenvalue weighted by molar-refractivity contribution is 5.76. The lowest BCUT2D eigenvalue weighted by atomic mass is 9.92. The highest BCUT2D eigenvalue weighted by atomic mass is 16.4. The fourth-order valence-electron chi connectivity index (χ4n) is 2.23. The van der Waals surface area contributed by atoms with Crippen molar-refractivity contribution in [2.75, 3.05) is 0 Å². The molecule has 0 radical (unpaired) electrons. The van der Waals surface area contributed by atoms with Crippen LogP contribution in [-0.2, 0) is 18.3 Å². The van der Waals surface area contributed by atoms with Gasteiger partial charge in [0.05, 0.1) is 12.1 Å². The predicted octanol–water partition coefficient (Wildman–Crippen LogP) is 2.53. The smallest absolute Gasteiger partial charge is 0.310 e. The van der Waals surface area contributed by atoms with E-state index in [-0.39, 0.29) is 0 Å². The van der Waals surface area contributed by atoms with Crippen molar-refractivity contribution in [1.29, 1.82) is 0 Å². The Morgan fingerprint density at radius 3 is 2.84 bits per heavy atom. The van der Waals surface area contributed by atoms with Crippen molar-refractivity contribution in [2.45, 2.75) is 25.7 Å². The number of aromatic nitrogens is 2. The summed E-state index contributed by atoms with van der Waals surface area (Å²) in [5.41, 5.74) is 3.03. The summed E-state index contributed by atoms with van der Waals surface area (Å²) >= 11 is 0. The van der Waals surface area contributed by atoms with Crippen molar-refractivity contribution in [3.63, 3.8) is 0 Å². The van der Waals surface area contributed by atoms with E-state index in [0.29, 0.717) is 6.42 Å². The fourth-order valence-corrected chi connectivity index (χ4v) is 2.23. The number of carboxylic acid groups (broad SMARTS) is 1. The lowest BCUT2D eigenvalue weighted by Gasteiger charge is -2.12. The predicted molar refractivity (Wildman–Crippen MR) is 73.1 cm³/mol. The van der Waals surface area contributed by atoms with Crippen LogP contribution < -0.4 is 0 Å². The summed E-state index contributed by atoms with van der Waals surface area (Å²) < 4.78 is 1.73. The third-order valence-corrected chi connectivity index (χ3v) is 3.22. The molecule has 4 nitrogen and oxygen atoms in total. The summed E-state index contributed by atoms with van der Waals surface area (Å²) in [5, 5.41) is 13.5. The number of aliphatic carboxylic acids is 1. The van der Waals surface area contributed by atoms with E-state index in [0.717, 1.165) is 23.1 Å². The number of hydrogen-bond donors (Lipinski definition) is 1. The van der Waals surface area contributed by atoms with Crippen LogP contribution in [0.4, 0.5) is 0 Å². The first-order valence-electron chi connectivity index (χ1n) is 6.33. The van der Waals surface area contributed by atoms with Gasteiger partial charge in [0, 0.05) is 13.2 Å². The van der Waals surface area contributed by atoms with E-state index >= 15 is 0 Å². The SMILES string of the molecule is Cc1cccc(C(CCc2cnn(C)c2)C(=O)O)c1. The first-order valence-corrected chi connectivity index (χ1v) is 6.33. The molecule has 0 fully saturated rings. The molecule has 100 valence electrons. The van der Waals surface area contributed by atoms with Gasteiger partial charge in [0.15, 0.2) is 0 Å². The van der Waals surface area contributed by atoms with Crippen LogP contribution >= 0.6 is 0 Å². The average Bonchev–Trinajstić information content (AvgIpc) is 2.75. The second-order valence-corrected chi connectivity index (χ2v) is 4.87. The van der Waals surface area contributed by atoms with Crippen LogP contribution in [0, 0.1) is 6.92 Å². The Morgan fingerprint density at radius 2 is 2.26 bits per heavy atom. The zero-order valence-corrected chi connectivity index (χ0v) is 11.2. The lowest BCUT2D eigenvalue weighted by molar-refractivity contribution is -0.138. The van der Waals surface area contributed by atoms with E-state index in [1.807, 2.05) is 44.4 Å². The minimum atomic E-state index is -0.769. The minimum Gasteiger partial charge on any atom is -0.481 e. The van der Waals surface area contributed by atoms with Crippen molar-refractivity contribution in [3.05, 3.63) is 53.3 Å². The Bertz CT molecular complexity index is 575. The highest BCUT2D eigenvalue weighted by Crippen LogP contribution is 2.23. The van der Waals surface area contributed by atoms with E-state index in [9.17, 15) is 9.90 Å². The first-order chi connectivity index (χ1) is 9.06. The standard InChI is InChI=1S/C15H18N2O2/c1-11-4-3-5-13(8-11)14(15(18)19)7-6-12-9-16-17(2)10-12/h3-5,8-10,14H,6-7H2,1-2H3,(H,18,19). The van der Waals surface area contributed by atoms with E-state index in [1.54, 1.807) is 10.9 Å². The fraction of sp³-hybridized carbons (Fsp3) is 0.333. The second kappa shape index (κ2) is 5.69. The average molecular weight is 258 g/mol. The molecule has 1 N–H and O–H groups in total. The summed E-state index contributed by atoms with van der Waals surface area (Å²) in [6, 6.07) is 7.71. The Morgan fingerprint density at radius 1 is 1.47 bits per heavy atom. The molecule has 0 aliphatic carbocycles. The molecule has 4 heteroatoms. The molecule has 0 saturated heterocycles. The number of rotatable bonds is 5. The van der Waals surface area contributed by atoms with Crippen LogP contribution in [0.3, 0.4) is 0 Å². The maximum absolute atomic E-state index is 11.4. The normalized spacial score (nSPS) is 12.3. The molecule has 1 atom stereocenters. The highest BCUT2D eigenvalue weighted by Gasteiger charge is 2.19. The molecule has 1 aromatic heterocycles. The summed E-state index contributed by atoms with van der Waals surface area (Å²) in [4.78, 5) is 11.4. The minimum absolute atomic E-state index is 0.458. The Labute approximate surface area is 112 Å². The van der Waals surface area contributed by atoms with Gasteiger partial charge in [0.2, 0.25) is 0 Å². The molecule has 0 amide bonds. The van der Waals surface area contributed by atoms with E-state index in [1.165, 1.54) is 0 Å². The quantitative estimate of drug-likeness (QED) is 0.896. The summed E-state index contributed by atoms with van der Waals surface area (Å²) in [7, 11) is 1.86. The number of benzene rings is 1. The molecular formula is C15H18N2O2. The van der Waals surface area contributed by atoms with Gasteiger partial charge in [-0.15, -0.1) is 0 Å². The number of nitrogens with zero attached hydrogens (tertiary/aromatic N) is 2. The maximum atomic E-state index is 11.4. The van der Waals surface area contributed by atoms with Crippen molar-refractivity contribution in [1.82, 2.24) is 9.78 Å². The molecule has 1 unspecified atom stereocenters. The van der Waals surface area contributed by atoms with E-state index in [2.05, 4.69) is 5.10 Å². The molecular weight excluding hydrogens is 240 g/mol. The van der Waals surface area contributed by atoms with Gasteiger partial charge >= 0.3 is 5.97 Å². The molecule has 0 bridgehead atoms.